The number of aromatic nitrogens is 4. The highest BCUT2D eigenvalue weighted by atomic mass is 32.1. The van der Waals surface area contributed by atoms with Crippen molar-refractivity contribution in [1.29, 1.82) is 0 Å². The van der Waals surface area contributed by atoms with Crippen LogP contribution in [0.2, 0.25) is 0 Å². The Kier molecular flexibility index (Phi) is 2.56. The van der Waals surface area contributed by atoms with Crippen LogP contribution in [-0.2, 0) is 0 Å². The molecule has 1 saturated heterocycles. The maximum absolute atomic E-state index is 5.21. The van der Waals surface area contributed by atoms with Crippen LogP contribution in [-0.4, -0.2) is 26.3 Å². The monoisotopic (exact) mass is 289 g/mol. The van der Waals surface area contributed by atoms with Crippen LogP contribution in [0.25, 0.3) is 4.96 Å². The van der Waals surface area contributed by atoms with Crippen molar-refractivity contribution in [2.75, 3.05) is 11.4 Å². The van der Waals surface area contributed by atoms with E-state index in [1.165, 1.54) is 0 Å². The zero-order valence-corrected chi connectivity index (χ0v) is 12.2. The molecule has 0 aliphatic carbocycles. The van der Waals surface area contributed by atoms with Gasteiger partial charge in [-0.05, 0) is 26.7 Å². The second kappa shape index (κ2) is 4.31. The minimum Gasteiger partial charge on any atom is -0.361 e. The van der Waals surface area contributed by atoms with Crippen molar-refractivity contribution in [3.05, 3.63) is 29.4 Å². The van der Waals surface area contributed by atoms with E-state index in [-0.39, 0.29) is 6.04 Å². The van der Waals surface area contributed by atoms with E-state index in [0.717, 1.165) is 46.6 Å². The van der Waals surface area contributed by atoms with E-state index in [2.05, 4.69) is 20.1 Å². The summed E-state index contributed by atoms with van der Waals surface area (Å²) in [5, 5.41) is 9.82. The lowest BCUT2D eigenvalue weighted by molar-refractivity contribution is 0.385. The molecular formula is C13H15N5OS. The van der Waals surface area contributed by atoms with Crippen LogP contribution in [0.3, 0.4) is 0 Å². The van der Waals surface area contributed by atoms with Crippen molar-refractivity contribution < 1.29 is 4.52 Å². The lowest BCUT2D eigenvalue weighted by Gasteiger charge is -2.21. The Balaban J connectivity index is 1.70. The summed E-state index contributed by atoms with van der Waals surface area (Å²) in [5.74, 6) is 0.858. The molecule has 3 aromatic rings. The van der Waals surface area contributed by atoms with Gasteiger partial charge in [-0.3, -0.25) is 0 Å². The fraction of sp³-hybridized carbons (Fsp3) is 0.462. The van der Waals surface area contributed by atoms with Gasteiger partial charge in [0.2, 0.25) is 10.1 Å². The van der Waals surface area contributed by atoms with E-state index in [1.807, 2.05) is 30.6 Å². The van der Waals surface area contributed by atoms with Crippen molar-refractivity contribution in [3.8, 4) is 0 Å². The van der Waals surface area contributed by atoms with Crippen molar-refractivity contribution in [2.45, 2.75) is 32.7 Å². The van der Waals surface area contributed by atoms with Gasteiger partial charge in [-0.2, -0.15) is 0 Å². The molecule has 0 radical (unpaired) electrons. The topological polar surface area (TPSA) is 59.5 Å². The second-order valence-electron chi connectivity index (χ2n) is 5.21. The highest BCUT2D eigenvalue weighted by Crippen LogP contribution is 2.37. The summed E-state index contributed by atoms with van der Waals surface area (Å²) in [6.07, 6.45) is 4.20. The Bertz CT molecular complexity index is 726. The molecule has 1 fully saturated rings. The highest BCUT2D eigenvalue weighted by Gasteiger charge is 2.31. The molecule has 1 aliphatic rings. The number of hydrogen-bond acceptors (Lipinski definition) is 6. The first-order chi connectivity index (χ1) is 9.70. The molecule has 0 amide bonds. The quantitative estimate of drug-likeness (QED) is 0.726. The smallest absolute Gasteiger partial charge is 0.214 e. The molecule has 0 unspecified atom stereocenters. The van der Waals surface area contributed by atoms with E-state index in [1.54, 1.807) is 11.3 Å². The van der Waals surface area contributed by atoms with Gasteiger partial charge in [0.1, 0.15) is 11.5 Å². The van der Waals surface area contributed by atoms with E-state index < -0.39 is 0 Å². The molecule has 0 bridgehead atoms. The van der Waals surface area contributed by atoms with Crippen LogP contribution in [0, 0.1) is 13.8 Å². The first kappa shape index (κ1) is 11.9. The molecule has 1 aliphatic heterocycles. The van der Waals surface area contributed by atoms with Gasteiger partial charge >= 0.3 is 0 Å². The fourth-order valence-corrected chi connectivity index (χ4v) is 3.77. The average Bonchev–Trinajstić information content (AvgIpc) is 3.09. The molecule has 0 saturated carbocycles. The van der Waals surface area contributed by atoms with Gasteiger partial charge in [-0.1, -0.05) is 16.5 Å². The number of rotatable bonds is 2. The third-order valence-electron chi connectivity index (χ3n) is 3.64. The second-order valence-corrected chi connectivity index (χ2v) is 6.14. The van der Waals surface area contributed by atoms with Gasteiger partial charge in [-0.25, -0.2) is 9.50 Å². The fourth-order valence-electron chi connectivity index (χ4n) is 2.76. The van der Waals surface area contributed by atoms with Crippen molar-refractivity contribution >= 4 is 21.4 Å². The summed E-state index contributed by atoms with van der Waals surface area (Å²) in [5.41, 5.74) is 2.00. The molecule has 7 heteroatoms. The molecule has 104 valence electrons. The summed E-state index contributed by atoms with van der Waals surface area (Å²) < 4.78 is 7.07. The van der Waals surface area contributed by atoms with E-state index in [4.69, 9.17) is 4.52 Å². The molecule has 4 rings (SSSR count). The maximum Gasteiger partial charge on any atom is 0.214 e. The third kappa shape index (κ3) is 1.81. The minimum absolute atomic E-state index is 0.268. The third-order valence-corrected chi connectivity index (χ3v) is 4.60. The van der Waals surface area contributed by atoms with Gasteiger partial charge in [0, 0.05) is 12.6 Å². The average molecular weight is 289 g/mol. The van der Waals surface area contributed by atoms with Gasteiger partial charge < -0.3 is 9.42 Å². The molecule has 0 aromatic carbocycles. The molecule has 0 spiro atoms. The number of anilines is 1. The lowest BCUT2D eigenvalue weighted by Crippen LogP contribution is -2.22. The normalized spacial score (nSPS) is 19.3. The lowest BCUT2D eigenvalue weighted by atomic mass is 10.1. The Morgan fingerprint density at radius 3 is 3.05 bits per heavy atom. The first-order valence-electron chi connectivity index (χ1n) is 6.73. The Hall–Kier alpha value is -1.89. The Morgan fingerprint density at radius 1 is 1.40 bits per heavy atom. The van der Waals surface area contributed by atoms with Crippen LogP contribution in [0.15, 0.2) is 16.8 Å². The molecule has 1 atom stereocenters. The number of hydrogen-bond donors (Lipinski definition) is 0. The SMILES string of the molecule is Cc1cn2nc(N3CCC[C@H]3c3cc(C)on3)sc2n1. The summed E-state index contributed by atoms with van der Waals surface area (Å²) in [6, 6.07) is 2.29. The van der Waals surface area contributed by atoms with Crippen molar-refractivity contribution in [2.24, 2.45) is 0 Å². The maximum atomic E-state index is 5.21. The van der Waals surface area contributed by atoms with E-state index in [9.17, 15) is 0 Å². The van der Waals surface area contributed by atoms with Crippen molar-refractivity contribution in [1.82, 2.24) is 19.8 Å². The van der Waals surface area contributed by atoms with Crippen LogP contribution < -0.4 is 4.90 Å². The zero-order chi connectivity index (χ0) is 13.7. The van der Waals surface area contributed by atoms with E-state index >= 15 is 0 Å². The Morgan fingerprint density at radius 2 is 2.30 bits per heavy atom. The van der Waals surface area contributed by atoms with E-state index in [0.29, 0.717) is 0 Å². The van der Waals surface area contributed by atoms with Crippen LogP contribution in [0.1, 0.15) is 36.0 Å². The molecule has 0 N–H and O–H groups in total. The number of aryl methyl sites for hydroxylation is 2. The summed E-state index contributed by atoms with van der Waals surface area (Å²) in [7, 11) is 0. The first-order valence-corrected chi connectivity index (χ1v) is 7.55. The standard InChI is InChI=1S/C13H15N5OS/c1-8-7-18-12(14-8)20-13(15-18)17-5-3-4-11(17)10-6-9(2)19-16-10/h6-7,11H,3-5H2,1-2H3/t11-/m0/s1. The van der Waals surface area contributed by atoms with Gasteiger partial charge in [0.05, 0.1) is 17.9 Å². The Labute approximate surface area is 120 Å². The van der Waals surface area contributed by atoms with Crippen LogP contribution in [0.4, 0.5) is 5.13 Å². The molecule has 4 heterocycles. The van der Waals surface area contributed by atoms with Crippen molar-refractivity contribution in [3.63, 3.8) is 0 Å². The van der Waals surface area contributed by atoms with Gasteiger partial charge in [0.15, 0.2) is 0 Å². The number of nitrogens with zero attached hydrogens (tertiary/aromatic N) is 5. The predicted molar refractivity (Wildman–Crippen MR) is 76.2 cm³/mol. The molecule has 6 nitrogen and oxygen atoms in total. The minimum atomic E-state index is 0.268. The number of fused-ring (bicyclic) bond motifs is 1. The van der Waals surface area contributed by atoms with Gasteiger partial charge in [0.25, 0.3) is 0 Å². The van der Waals surface area contributed by atoms with Crippen LogP contribution >= 0.6 is 11.3 Å². The molecular weight excluding hydrogens is 274 g/mol. The molecule has 20 heavy (non-hydrogen) atoms. The summed E-state index contributed by atoms with van der Waals surface area (Å²) in [6.45, 7) is 4.92. The summed E-state index contributed by atoms with van der Waals surface area (Å²) in [4.78, 5) is 7.72. The number of imidazole rings is 1. The molecule has 3 aromatic heterocycles. The van der Waals surface area contributed by atoms with Crippen LogP contribution in [0.5, 0.6) is 0 Å². The highest BCUT2D eigenvalue weighted by molar-refractivity contribution is 7.20. The summed E-state index contributed by atoms with van der Waals surface area (Å²) >= 11 is 1.63. The zero-order valence-electron chi connectivity index (χ0n) is 11.4. The van der Waals surface area contributed by atoms with Gasteiger partial charge in [-0.15, -0.1) is 5.10 Å². The largest absolute Gasteiger partial charge is 0.361 e. The predicted octanol–water partition coefficient (Wildman–Crippen LogP) is 2.74.